The van der Waals surface area contributed by atoms with Crippen LogP contribution in [0.1, 0.15) is 36.9 Å². The molecule has 10 nitrogen and oxygen atoms in total. The Morgan fingerprint density at radius 2 is 1.74 bits per heavy atom. The normalized spacial score (nSPS) is 12.7. The van der Waals surface area contributed by atoms with Gasteiger partial charge in [0.25, 0.3) is 10.0 Å². The Bertz CT molecular complexity index is 1160. The summed E-state index contributed by atoms with van der Waals surface area (Å²) in [6.45, 7) is 4.71. The monoisotopic (exact) mass is 474 g/mol. The fourth-order valence-electron chi connectivity index (χ4n) is 2.45. The second-order valence-corrected chi connectivity index (χ2v) is 11.5. The third-order valence-electron chi connectivity index (χ3n) is 3.85. The van der Waals surface area contributed by atoms with Crippen LogP contribution in [0.3, 0.4) is 0 Å². The van der Waals surface area contributed by atoms with Gasteiger partial charge in [-0.2, -0.15) is 0 Å². The van der Waals surface area contributed by atoms with Crippen LogP contribution < -0.4 is 9.46 Å². The molecule has 172 valence electrons. The van der Waals surface area contributed by atoms with E-state index in [1.54, 1.807) is 20.8 Å². The van der Waals surface area contributed by atoms with E-state index >= 15 is 0 Å². The quantitative estimate of drug-likeness (QED) is 0.574. The first-order valence-corrected chi connectivity index (χ1v) is 12.0. The minimum atomic E-state index is -3.98. The van der Waals surface area contributed by atoms with Gasteiger partial charge in [0.2, 0.25) is 15.1 Å². The summed E-state index contributed by atoms with van der Waals surface area (Å²) in [4.78, 5) is 12.2. The highest BCUT2D eigenvalue weighted by molar-refractivity contribution is 7.89. The molecule has 1 aromatic heterocycles. The molecule has 0 bridgehead atoms. The number of carbonyl (C=O) groups excluding carboxylic acids is 1. The number of carbonyl (C=O) groups is 1. The summed E-state index contributed by atoms with van der Waals surface area (Å²) < 4.78 is 68.5. The first-order chi connectivity index (χ1) is 14.2. The average molecular weight is 475 g/mol. The fourth-order valence-corrected chi connectivity index (χ4v) is 4.87. The van der Waals surface area contributed by atoms with Crippen molar-refractivity contribution in [2.24, 2.45) is 0 Å². The molecule has 1 aromatic carbocycles. The number of nitrogens with one attached hydrogen (secondary N) is 1. The van der Waals surface area contributed by atoms with Crippen molar-refractivity contribution < 1.29 is 35.5 Å². The van der Waals surface area contributed by atoms with Crippen LogP contribution in [-0.4, -0.2) is 53.9 Å². The Hall–Kier alpha value is -2.41. The van der Waals surface area contributed by atoms with Crippen molar-refractivity contribution in [3.8, 4) is 5.75 Å². The second-order valence-electron chi connectivity index (χ2n) is 7.81. The predicted molar refractivity (Wildman–Crippen MR) is 112 cm³/mol. The molecular weight excluding hydrogens is 448 g/mol. The first-order valence-electron chi connectivity index (χ1n) is 9.08. The maximum absolute atomic E-state index is 12.7. The van der Waals surface area contributed by atoms with Crippen LogP contribution in [0.2, 0.25) is 0 Å². The Morgan fingerprint density at radius 3 is 2.29 bits per heavy atom. The van der Waals surface area contributed by atoms with Gasteiger partial charge in [0.05, 0.1) is 12.7 Å². The van der Waals surface area contributed by atoms with Crippen molar-refractivity contribution in [2.75, 3.05) is 21.2 Å². The van der Waals surface area contributed by atoms with Gasteiger partial charge < -0.3 is 13.9 Å². The highest BCUT2D eigenvalue weighted by Crippen LogP contribution is 2.26. The number of methoxy groups -OCH3 is 1. The maximum Gasteiger partial charge on any atom is 0.338 e. The number of esters is 1. The molecule has 12 heteroatoms. The lowest BCUT2D eigenvalue weighted by molar-refractivity contribution is 0.0440. The van der Waals surface area contributed by atoms with Gasteiger partial charge in [-0.3, -0.25) is 0 Å². The summed E-state index contributed by atoms with van der Waals surface area (Å²) in [7, 11) is -3.69. The molecule has 0 amide bonds. The van der Waals surface area contributed by atoms with E-state index in [4.69, 9.17) is 13.9 Å². The number of benzene rings is 1. The van der Waals surface area contributed by atoms with Gasteiger partial charge in [0.1, 0.15) is 23.0 Å². The number of hydrogen-bond donors (Lipinski definition) is 1. The van der Waals surface area contributed by atoms with Crippen molar-refractivity contribution in [3.63, 3.8) is 0 Å². The van der Waals surface area contributed by atoms with Crippen LogP contribution in [0.25, 0.3) is 0 Å². The summed E-state index contributed by atoms with van der Waals surface area (Å²) in [6.07, 6.45) is 0. The third-order valence-corrected chi connectivity index (χ3v) is 7.32. The number of furan rings is 1. The Balaban J connectivity index is 2.23. The summed E-state index contributed by atoms with van der Waals surface area (Å²) in [6, 6.07) is 6.50. The molecule has 0 fully saturated rings. The van der Waals surface area contributed by atoms with E-state index in [1.165, 1.54) is 45.5 Å². The molecule has 0 atom stereocenters. The fraction of sp³-hybridized carbons (Fsp3) is 0.421. The average Bonchev–Trinajstić information content (AvgIpc) is 3.13. The number of ether oxygens (including phenoxy) is 2. The minimum absolute atomic E-state index is 0.0252. The summed E-state index contributed by atoms with van der Waals surface area (Å²) in [5.41, 5.74) is -0.771. The molecular formula is C19H26N2O8S2. The lowest BCUT2D eigenvalue weighted by Gasteiger charge is -2.21. The molecule has 0 aliphatic carbocycles. The van der Waals surface area contributed by atoms with E-state index in [2.05, 4.69) is 4.72 Å². The van der Waals surface area contributed by atoms with E-state index in [1.807, 2.05) is 0 Å². The van der Waals surface area contributed by atoms with Crippen LogP contribution in [-0.2, 0) is 31.4 Å². The van der Waals surface area contributed by atoms with Gasteiger partial charge in [-0.1, -0.05) is 0 Å². The number of sulfonamides is 2. The zero-order valence-electron chi connectivity index (χ0n) is 18.1. The highest BCUT2D eigenvalue weighted by Gasteiger charge is 2.27. The van der Waals surface area contributed by atoms with Gasteiger partial charge in [0.15, 0.2) is 0 Å². The van der Waals surface area contributed by atoms with Crippen LogP contribution in [0.15, 0.2) is 44.7 Å². The summed E-state index contributed by atoms with van der Waals surface area (Å²) >= 11 is 0. The topological polar surface area (TPSA) is 132 Å². The molecule has 0 aliphatic rings. The number of nitrogens with zero attached hydrogens (tertiary/aromatic N) is 1. The molecule has 2 aromatic rings. The Kier molecular flexibility index (Phi) is 7.21. The van der Waals surface area contributed by atoms with Gasteiger partial charge in [-0.15, -0.1) is 0 Å². The highest BCUT2D eigenvalue weighted by atomic mass is 32.2. The lowest BCUT2D eigenvalue weighted by atomic mass is 10.1. The van der Waals surface area contributed by atoms with Crippen molar-refractivity contribution in [1.29, 1.82) is 0 Å². The van der Waals surface area contributed by atoms with Crippen LogP contribution >= 0.6 is 0 Å². The van der Waals surface area contributed by atoms with Crippen LogP contribution in [0.5, 0.6) is 5.75 Å². The predicted octanol–water partition coefficient (Wildman–Crippen LogP) is 1.97. The van der Waals surface area contributed by atoms with E-state index in [0.717, 1.165) is 10.4 Å². The summed E-state index contributed by atoms with van der Waals surface area (Å²) in [5.74, 6) is -0.634. The first kappa shape index (κ1) is 24.9. The second kappa shape index (κ2) is 8.99. The van der Waals surface area contributed by atoms with Crippen molar-refractivity contribution in [3.05, 3.63) is 41.7 Å². The number of hydrogen-bond acceptors (Lipinski definition) is 8. The molecule has 1 N–H and O–H groups in total. The lowest BCUT2D eigenvalue weighted by Crippen LogP contribution is -2.40. The molecule has 31 heavy (non-hydrogen) atoms. The Morgan fingerprint density at radius 1 is 1.10 bits per heavy atom. The van der Waals surface area contributed by atoms with Crippen molar-refractivity contribution >= 4 is 26.0 Å². The van der Waals surface area contributed by atoms with Gasteiger partial charge in [-0.25, -0.2) is 30.7 Å². The minimum Gasteiger partial charge on any atom is -0.495 e. The molecule has 0 radical (unpaired) electrons. The molecule has 0 spiro atoms. The van der Waals surface area contributed by atoms with E-state index < -0.39 is 31.6 Å². The molecule has 0 aliphatic heterocycles. The van der Waals surface area contributed by atoms with Crippen molar-refractivity contribution in [1.82, 2.24) is 9.03 Å². The van der Waals surface area contributed by atoms with E-state index in [0.29, 0.717) is 0 Å². The van der Waals surface area contributed by atoms with Crippen molar-refractivity contribution in [2.45, 2.75) is 42.9 Å². The molecule has 0 unspecified atom stereocenters. The smallest absolute Gasteiger partial charge is 0.338 e. The number of rotatable bonds is 8. The van der Waals surface area contributed by atoms with Gasteiger partial charge >= 0.3 is 5.97 Å². The molecule has 1 heterocycles. The standard InChI is InChI=1S/C19H26N2O8S2/c1-19(2,3)20-30(23,24)16-11-13(7-9-15(16)27-6)18(22)28-12-14-8-10-17(29-14)31(25,26)21(4)5/h7-11,20H,12H2,1-6H3. The molecule has 2 rings (SSSR count). The molecule has 0 saturated heterocycles. The van der Waals surface area contributed by atoms with Gasteiger partial charge in [-0.05, 0) is 51.1 Å². The zero-order chi connectivity index (χ0) is 23.6. The van der Waals surface area contributed by atoms with Gasteiger partial charge in [0, 0.05) is 19.6 Å². The van der Waals surface area contributed by atoms with E-state index in [9.17, 15) is 21.6 Å². The van der Waals surface area contributed by atoms with E-state index in [-0.39, 0.29) is 33.7 Å². The molecule has 0 saturated carbocycles. The van der Waals surface area contributed by atoms with Crippen LogP contribution in [0.4, 0.5) is 0 Å². The largest absolute Gasteiger partial charge is 0.495 e. The third kappa shape index (κ3) is 6.06. The van der Waals surface area contributed by atoms with Crippen LogP contribution in [0, 0.1) is 0 Å². The summed E-state index contributed by atoms with van der Waals surface area (Å²) in [5, 5.41) is -0.283. The zero-order valence-corrected chi connectivity index (χ0v) is 19.8. The Labute approximate surface area is 182 Å². The SMILES string of the molecule is COc1ccc(C(=O)OCc2ccc(S(=O)(=O)N(C)C)o2)cc1S(=O)(=O)NC(C)(C)C. The maximum atomic E-state index is 12.7.